The highest BCUT2D eigenvalue weighted by Gasteiger charge is 2.28. The van der Waals surface area contributed by atoms with Gasteiger partial charge in [-0.3, -0.25) is 4.79 Å². The first-order valence-electron chi connectivity index (χ1n) is 5.78. The van der Waals surface area contributed by atoms with Crippen molar-refractivity contribution < 1.29 is 9.21 Å². The van der Waals surface area contributed by atoms with Gasteiger partial charge in [-0.05, 0) is 25.2 Å². The monoisotopic (exact) mass is 222 g/mol. The Morgan fingerprint density at radius 3 is 2.56 bits per heavy atom. The van der Waals surface area contributed by atoms with E-state index in [1.807, 2.05) is 4.90 Å². The van der Waals surface area contributed by atoms with Crippen LogP contribution < -0.4 is 0 Å². The van der Waals surface area contributed by atoms with Crippen LogP contribution in [0.25, 0.3) is 0 Å². The van der Waals surface area contributed by atoms with E-state index in [-0.39, 0.29) is 11.8 Å². The second-order valence-corrected chi connectivity index (χ2v) is 4.93. The fourth-order valence-electron chi connectivity index (χ4n) is 2.42. The average Bonchev–Trinajstić information content (AvgIpc) is 2.62. The molecule has 0 N–H and O–H groups in total. The fourth-order valence-corrected chi connectivity index (χ4v) is 2.42. The minimum absolute atomic E-state index is 0.0773. The molecule has 2 atom stereocenters. The molecule has 2 heterocycles. The molecule has 1 aromatic heterocycles. The molecule has 2 unspecified atom stereocenters. The highest BCUT2D eigenvalue weighted by Crippen LogP contribution is 2.22. The van der Waals surface area contributed by atoms with Crippen LogP contribution in [-0.4, -0.2) is 28.9 Å². The van der Waals surface area contributed by atoms with Crippen LogP contribution in [0.15, 0.2) is 10.6 Å². The van der Waals surface area contributed by atoms with Crippen LogP contribution in [-0.2, 0) is 0 Å². The van der Waals surface area contributed by atoms with Gasteiger partial charge in [0.05, 0.1) is 6.20 Å². The molecule has 1 saturated heterocycles. The molecule has 16 heavy (non-hydrogen) atoms. The van der Waals surface area contributed by atoms with E-state index in [1.54, 1.807) is 13.1 Å². The lowest BCUT2D eigenvalue weighted by atomic mass is 9.92. The lowest BCUT2D eigenvalue weighted by Crippen LogP contribution is -2.42. The van der Waals surface area contributed by atoms with Crippen molar-refractivity contribution in [3.05, 3.63) is 17.8 Å². The van der Waals surface area contributed by atoms with E-state index in [4.69, 9.17) is 4.42 Å². The van der Waals surface area contributed by atoms with Gasteiger partial charge in [0.15, 0.2) is 0 Å². The molecule has 0 aliphatic carbocycles. The molecule has 2 rings (SSSR count). The Morgan fingerprint density at radius 1 is 1.44 bits per heavy atom. The number of carbonyl (C=O) groups excluding carboxylic acids is 1. The van der Waals surface area contributed by atoms with Gasteiger partial charge in [0, 0.05) is 13.1 Å². The number of hydrogen-bond acceptors (Lipinski definition) is 3. The van der Waals surface area contributed by atoms with Crippen LogP contribution in [0.4, 0.5) is 0 Å². The maximum Gasteiger partial charge on any atom is 0.309 e. The molecule has 1 amide bonds. The van der Waals surface area contributed by atoms with Crippen molar-refractivity contribution in [2.24, 2.45) is 11.8 Å². The van der Waals surface area contributed by atoms with Crippen molar-refractivity contribution in [2.75, 3.05) is 13.1 Å². The summed E-state index contributed by atoms with van der Waals surface area (Å²) in [7, 11) is 0. The molecule has 0 aromatic carbocycles. The zero-order valence-corrected chi connectivity index (χ0v) is 10.1. The highest BCUT2D eigenvalue weighted by molar-refractivity contribution is 5.89. The Balaban J connectivity index is 2.09. The van der Waals surface area contributed by atoms with E-state index >= 15 is 0 Å². The first-order chi connectivity index (χ1) is 7.56. The van der Waals surface area contributed by atoms with Crippen LogP contribution >= 0.6 is 0 Å². The molecule has 0 bridgehead atoms. The van der Waals surface area contributed by atoms with Crippen LogP contribution in [0.5, 0.6) is 0 Å². The highest BCUT2D eigenvalue weighted by atomic mass is 16.4. The number of likely N-dealkylation sites (tertiary alicyclic amines) is 1. The summed E-state index contributed by atoms with van der Waals surface area (Å²) in [4.78, 5) is 17.9. The van der Waals surface area contributed by atoms with E-state index in [1.165, 1.54) is 6.42 Å². The molecular weight excluding hydrogens is 204 g/mol. The van der Waals surface area contributed by atoms with E-state index in [0.717, 1.165) is 13.1 Å². The summed E-state index contributed by atoms with van der Waals surface area (Å²) >= 11 is 0. The third-order valence-corrected chi connectivity index (χ3v) is 2.96. The zero-order chi connectivity index (χ0) is 11.7. The number of oxazole rings is 1. The normalized spacial score (nSPS) is 25.8. The average molecular weight is 222 g/mol. The molecule has 4 nitrogen and oxygen atoms in total. The van der Waals surface area contributed by atoms with Gasteiger partial charge in [-0.1, -0.05) is 13.8 Å². The number of aryl methyl sites for hydroxylation is 1. The van der Waals surface area contributed by atoms with Gasteiger partial charge in [0.2, 0.25) is 0 Å². The Kier molecular flexibility index (Phi) is 2.99. The maximum atomic E-state index is 12.1. The molecule has 1 aromatic rings. The Morgan fingerprint density at radius 2 is 2.06 bits per heavy atom. The molecule has 0 radical (unpaired) electrons. The topological polar surface area (TPSA) is 46.3 Å². The van der Waals surface area contributed by atoms with E-state index in [0.29, 0.717) is 17.6 Å². The molecule has 0 saturated carbocycles. The maximum absolute atomic E-state index is 12.1. The number of amides is 1. The lowest BCUT2D eigenvalue weighted by molar-refractivity contribution is 0.0582. The summed E-state index contributed by atoms with van der Waals surface area (Å²) in [5.74, 6) is 1.94. The van der Waals surface area contributed by atoms with E-state index in [9.17, 15) is 4.79 Å². The second kappa shape index (κ2) is 4.28. The van der Waals surface area contributed by atoms with Crippen molar-refractivity contribution >= 4 is 5.91 Å². The zero-order valence-electron chi connectivity index (χ0n) is 10.1. The molecule has 1 aliphatic rings. The van der Waals surface area contributed by atoms with Gasteiger partial charge in [-0.2, -0.15) is 0 Å². The minimum atomic E-state index is -0.0773. The SMILES string of the molecule is Cc1cnc(C(=O)N2CC(C)CC(C)C2)o1. The molecule has 1 aliphatic heterocycles. The summed E-state index contributed by atoms with van der Waals surface area (Å²) < 4.78 is 5.27. The summed E-state index contributed by atoms with van der Waals surface area (Å²) in [6, 6.07) is 0. The first-order valence-corrected chi connectivity index (χ1v) is 5.78. The standard InChI is InChI=1S/C12H18N2O2/c1-8-4-9(2)7-14(6-8)12(15)11-13-5-10(3)16-11/h5,8-9H,4,6-7H2,1-3H3. The number of hydrogen-bond donors (Lipinski definition) is 0. The van der Waals surface area contributed by atoms with Gasteiger partial charge < -0.3 is 9.32 Å². The Hall–Kier alpha value is -1.32. The number of rotatable bonds is 1. The molecule has 0 spiro atoms. The first kappa shape index (κ1) is 11.2. The number of carbonyl (C=O) groups is 1. The van der Waals surface area contributed by atoms with E-state index in [2.05, 4.69) is 18.8 Å². The summed E-state index contributed by atoms with van der Waals surface area (Å²) in [6.07, 6.45) is 2.78. The summed E-state index contributed by atoms with van der Waals surface area (Å²) in [6.45, 7) is 7.77. The minimum Gasteiger partial charge on any atom is -0.438 e. The largest absolute Gasteiger partial charge is 0.438 e. The number of piperidine rings is 1. The third kappa shape index (κ3) is 2.26. The van der Waals surface area contributed by atoms with Crippen molar-refractivity contribution in [1.29, 1.82) is 0 Å². The van der Waals surface area contributed by atoms with Crippen molar-refractivity contribution in [3.8, 4) is 0 Å². The fraction of sp³-hybridized carbons (Fsp3) is 0.667. The quantitative estimate of drug-likeness (QED) is 0.731. The molecular formula is C12H18N2O2. The molecule has 88 valence electrons. The lowest BCUT2D eigenvalue weighted by Gasteiger charge is -2.34. The second-order valence-electron chi connectivity index (χ2n) is 4.93. The van der Waals surface area contributed by atoms with Crippen LogP contribution in [0.3, 0.4) is 0 Å². The van der Waals surface area contributed by atoms with Crippen LogP contribution in [0, 0.1) is 18.8 Å². The predicted molar refractivity (Wildman–Crippen MR) is 60.1 cm³/mol. The van der Waals surface area contributed by atoms with Gasteiger partial charge in [-0.25, -0.2) is 4.98 Å². The summed E-state index contributed by atoms with van der Waals surface area (Å²) in [5.41, 5.74) is 0. The van der Waals surface area contributed by atoms with Gasteiger partial charge >= 0.3 is 5.91 Å². The Labute approximate surface area is 95.6 Å². The van der Waals surface area contributed by atoms with Gasteiger partial charge in [0.1, 0.15) is 5.76 Å². The predicted octanol–water partition coefficient (Wildman–Crippen LogP) is 2.10. The van der Waals surface area contributed by atoms with Crippen molar-refractivity contribution in [1.82, 2.24) is 9.88 Å². The smallest absolute Gasteiger partial charge is 0.309 e. The molecule has 4 heteroatoms. The van der Waals surface area contributed by atoms with Crippen molar-refractivity contribution in [2.45, 2.75) is 27.2 Å². The van der Waals surface area contributed by atoms with E-state index < -0.39 is 0 Å². The van der Waals surface area contributed by atoms with Crippen LogP contribution in [0.1, 0.15) is 36.7 Å². The number of aromatic nitrogens is 1. The Bertz CT molecular complexity index is 376. The number of nitrogens with zero attached hydrogens (tertiary/aromatic N) is 2. The third-order valence-electron chi connectivity index (χ3n) is 2.96. The molecule has 1 fully saturated rings. The van der Waals surface area contributed by atoms with Gasteiger partial charge in [-0.15, -0.1) is 0 Å². The van der Waals surface area contributed by atoms with Crippen molar-refractivity contribution in [3.63, 3.8) is 0 Å². The van der Waals surface area contributed by atoms with Gasteiger partial charge in [0.25, 0.3) is 5.89 Å². The summed E-state index contributed by atoms with van der Waals surface area (Å²) in [5, 5.41) is 0. The van der Waals surface area contributed by atoms with Crippen LogP contribution in [0.2, 0.25) is 0 Å².